The summed E-state index contributed by atoms with van der Waals surface area (Å²) in [4.78, 5) is 25.8. The zero-order chi connectivity index (χ0) is 19.8. The Morgan fingerprint density at radius 2 is 1.82 bits per heavy atom. The number of benzene rings is 2. The first-order chi connectivity index (χ1) is 13.5. The SMILES string of the molecule is Cc1cccc(/C(=N\O)C(=O)c2ccc3c(c2)n(C)c(=O)n3C2CCCC2)c1. The number of carbonyl (C=O) groups is 1. The van der Waals surface area contributed by atoms with Crippen LogP contribution in [0.2, 0.25) is 0 Å². The molecule has 0 bridgehead atoms. The lowest BCUT2D eigenvalue weighted by molar-refractivity contribution is 0.106. The molecule has 4 rings (SSSR count). The number of nitrogens with zero attached hydrogens (tertiary/aromatic N) is 3. The van der Waals surface area contributed by atoms with Gasteiger partial charge in [0.15, 0.2) is 5.71 Å². The number of hydrogen-bond acceptors (Lipinski definition) is 4. The number of ketones is 1. The van der Waals surface area contributed by atoms with Gasteiger partial charge in [-0.3, -0.25) is 13.9 Å². The molecule has 0 unspecified atom stereocenters. The quantitative estimate of drug-likeness (QED) is 0.325. The Morgan fingerprint density at radius 3 is 2.50 bits per heavy atom. The van der Waals surface area contributed by atoms with E-state index in [4.69, 9.17) is 0 Å². The minimum atomic E-state index is -0.379. The first kappa shape index (κ1) is 18.2. The van der Waals surface area contributed by atoms with Gasteiger partial charge in [-0.1, -0.05) is 41.8 Å². The summed E-state index contributed by atoms with van der Waals surface area (Å²) in [6, 6.07) is 12.7. The van der Waals surface area contributed by atoms with Gasteiger partial charge in [0.2, 0.25) is 5.78 Å². The molecule has 3 aromatic rings. The van der Waals surface area contributed by atoms with E-state index in [-0.39, 0.29) is 23.2 Å². The Morgan fingerprint density at radius 1 is 1.07 bits per heavy atom. The van der Waals surface area contributed by atoms with Gasteiger partial charge in [-0.2, -0.15) is 0 Å². The van der Waals surface area contributed by atoms with Crippen molar-refractivity contribution in [1.82, 2.24) is 9.13 Å². The second kappa shape index (κ2) is 7.11. The van der Waals surface area contributed by atoms with E-state index < -0.39 is 0 Å². The minimum Gasteiger partial charge on any atom is -0.410 e. The Balaban J connectivity index is 1.78. The number of fused-ring (bicyclic) bond motifs is 1. The van der Waals surface area contributed by atoms with Gasteiger partial charge in [-0.15, -0.1) is 0 Å². The summed E-state index contributed by atoms with van der Waals surface area (Å²) >= 11 is 0. The maximum absolute atomic E-state index is 13.0. The van der Waals surface area contributed by atoms with Crippen molar-refractivity contribution >= 4 is 22.5 Å². The van der Waals surface area contributed by atoms with Crippen LogP contribution in [-0.4, -0.2) is 25.8 Å². The molecule has 1 fully saturated rings. The smallest absolute Gasteiger partial charge is 0.329 e. The van der Waals surface area contributed by atoms with Crippen molar-refractivity contribution in [1.29, 1.82) is 0 Å². The molecule has 1 aromatic heterocycles. The average Bonchev–Trinajstić information content (AvgIpc) is 3.30. The fraction of sp³-hybridized carbons (Fsp3) is 0.318. The Kier molecular flexibility index (Phi) is 4.63. The maximum atomic E-state index is 13.0. The van der Waals surface area contributed by atoms with Crippen LogP contribution in [0.4, 0.5) is 0 Å². The lowest BCUT2D eigenvalue weighted by Crippen LogP contribution is -2.24. The van der Waals surface area contributed by atoms with Gasteiger partial charge < -0.3 is 5.21 Å². The van der Waals surface area contributed by atoms with Crippen molar-refractivity contribution in [2.45, 2.75) is 38.6 Å². The van der Waals surface area contributed by atoms with Crippen molar-refractivity contribution in [3.8, 4) is 0 Å². The van der Waals surface area contributed by atoms with Gasteiger partial charge in [-0.05, 0) is 44.0 Å². The second-order valence-electron chi connectivity index (χ2n) is 7.50. The zero-order valence-corrected chi connectivity index (χ0v) is 16.1. The first-order valence-electron chi connectivity index (χ1n) is 9.56. The third-order valence-electron chi connectivity index (χ3n) is 5.65. The molecule has 1 heterocycles. The highest BCUT2D eigenvalue weighted by atomic mass is 16.4. The van der Waals surface area contributed by atoms with Crippen LogP contribution in [0, 0.1) is 6.92 Å². The number of oxime groups is 1. The molecule has 0 radical (unpaired) electrons. The van der Waals surface area contributed by atoms with E-state index in [1.54, 1.807) is 35.9 Å². The normalized spacial score (nSPS) is 15.4. The molecule has 0 aliphatic heterocycles. The molecule has 0 spiro atoms. The van der Waals surface area contributed by atoms with Crippen molar-refractivity contribution in [3.05, 3.63) is 69.6 Å². The highest BCUT2D eigenvalue weighted by molar-refractivity contribution is 6.51. The summed E-state index contributed by atoms with van der Waals surface area (Å²) in [5.41, 5.74) is 3.41. The summed E-state index contributed by atoms with van der Waals surface area (Å²) in [5, 5.41) is 12.7. The Bertz CT molecular complexity index is 1150. The molecule has 6 nitrogen and oxygen atoms in total. The van der Waals surface area contributed by atoms with Crippen molar-refractivity contribution in [3.63, 3.8) is 0 Å². The summed E-state index contributed by atoms with van der Waals surface area (Å²) in [7, 11) is 1.73. The maximum Gasteiger partial charge on any atom is 0.329 e. The lowest BCUT2D eigenvalue weighted by atomic mass is 9.99. The fourth-order valence-corrected chi connectivity index (χ4v) is 4.18. The van der Waals surface area contributed by atoms with Gasteiger partial charge in [0.1, 0.15) is 0 Å². The number of aryl methyl sites for hydroxylation is 2. The van der Waals surface area contributed by atoms with Gasteiger partial charge in [0.25, 0.3) is 0 Å². The van der Waals surface area contributed by atoms with Crippen LogP contribution in [-0.2, 0) is 7.05 Å². The summed E-state index contributed by atoms with van der Waals surface area (Å²) in [6.45, 7) is 1.91. The van der Waals surface area contributed by atoms with Gasteiger partial charge >= 0.3 is 5.69 Å². The molecule has 0 saturated heterocycles. The molecule has 1 aliphatic rings. The number of carbonyl (C=O) groups excluding carboxylic acids is 1. The molecule has 0 amide bonds. The summed E-state index contributed by atoms with van der Waals surface area (Å²) < 4.78 is 3.45. The Labute approximate surface area is 162 Å². The highest BCUT2D eigenvalue weighted by Gasteiger charge is 2.24. The van der Waals surface area contributed by atoms with Crippen molar-refractivity contribution in [2.75, 3.05) is 0 Å². The van der Waals surface area contributed by atoms with E-state index in [2.05, 4.69) is 5.16 Å². The predicted molar refractivity (Wildman–Crippen MR) is 109 cm³/mol. The third kappa shape index (κ3) is 2.95. The Hall–Kier alpha value is -3.15. The molecule has 28 heavy (non-hydrogen) atoms. The van der Waals surface area contributed by atoms with Crippen LogP contribution in [0.15, 0.2) is 52.4 Å². The molecule has 144 valence electrons. The predicted octanol–water partition coefficient (Wildman–Crippen LogP) is 3.82. The summed E-state index contributed by atoms with van der Waals surface area (Å²) in [6.07, 6.45) is 4.29. The number of Topliss-reactive ketones (excluding diaryl/α,β-unsaturated/α-hetero) is 1. The largest absolute Gasteiger partial charge is 0.410 e. The third-order valence-corrected chi connectivity index (χ3v) is 5.65. The first-order valence-corrected chi connectivity index (χ1v) is 9.56. The van der Waals surface area contributed by atoms with Crippen molar-refractivity contribution in [2.24, 2.45) is 12.2 Å². The molecule has 1 N–H and O–H groups in total. The molecule has 0 atom stereocenters. The van der Waals surface area contributed by atoms with E-state index in [1.165, 1.54) is 0 Å². The van der Waals surface area contributed by atoms with Crippen LogP contribution in [0.25, 0.3) is 11.0 Å². The molecule has 1 aliphatic carbocycles. The number of aromatic nitrogens is 2. The van der Waals surface area contributed by atoms with Crippen LogP contribution in [0.3, 0.4) is 0 Å². The zero-order valence-electron chi connectivity index (χ0n) is 16.1. The molecule has 6 heteroatoms. The van der Waals surface area contributed by atoms with Crippen molar-refractivity contribution < 1.29 is 10.0 Å². The molecular weight excluding hydrogens is 354 g/mol. The standard InChI is InChI=1S/C22H23N3O3/c1-14-6-5-7-15(12-14)20(23-28)21(26)16-10-11-18-19(13-16)24(2)22(27)25(18)17-8-3-4-9-17/h5-7,10-13,17,28H,3-4,8-9H2,1-2H3/b23-20+. The lowest BCUT2D eigenvalue weighted by Gasteiger charge is -2.11. The average molecular weight is 377 g/mol. The molecule has 1 saturated carbocycles. The second-order valence-corrected chi connectivity index (χ2v) is 7.50. The topological polar surface area (TPSA) is 76.6 Å². The molecular formula is C22H23N3O3. The fourth-order valence-electron chi connectivity index (χ4n) is 4.18. The highest BCUT2D eigenvalue weighted by Crippen LogP contribution is 2.31. The van der Waals surface area contributed by atoms with E-state index in [0.717, 1.165) is 36.8 Å². The van der Waals surface area contributed by atoms with Gasteiger partial charge in [0.05, 0.1) is 11.0 Å². The van der Waals surface area contributed by atoms with Crippen LogP contribution in [0.1, 0.15) is 53.2 Å². The summed E-state index contributed by atoms with van der Waals surface area (Å²) in [5.74, 6) is -0.379. The van der Waals surface area contributed by atoms with E-state index in [1.807, 2.05) is 29.7 Å². The van der Waals surface area contributed by atoms with E-state index >= 15 is 0 Å². The molecule has 2 aromatic carbocycles. The van der Waals surface area contributed by atoms with Crippen LogP contribution >= 0.6 is 0 Å². The minimum absolute atomic E-state index is 0.0109. The van der Waals surface area contributed by atoms with Gasteiger partial charge in [-0.25, -0.2) is 4.79 Å². The number of hydrogen-bond donors (Lipinski definition) is 1. The van der Waals surface area contributed by atoms with E-state index in [9.17, 15) is 14.8 Å². The van der Waals surface area contributed by atoms with Crippen LogP contribution < -0.4 is 5.69 Å². The van der Waals surface area contributed by atoms with E-state index in [0.29, 0.717) is 16.6 Å². The van der Waals surface area contributed by atoms with Crippen LogP contribution in [0.5, 0.6) is 0 Å². The monoisotopic (exact) mass is 377 g/mol. The van der Waals surface area contributed by atoms with Gasteiger partial charge in [0, 0.05) is 24.2 Å². The number of rotatable bonds is 4. The number of imidazole rings is 1.